The summed E-state index contributed by atoms with van der Waals surface area (Å²) in [6.45, 7) is 0.319. The summed E-state index contributed by atoms with van der Waals surface area (Å²) in [5.41, 5.74) is 7.11. The lowest BCUT2D eigenvalue weighted by molar-refractivity contribution is 0.318. The molecule has 0 aliphatic rings. The molecule has 0 aliphatic heterocycles. The third kappa shape index (κ3) is 3.98. The minimum Gasteiger partial charge on any atom is -0.409 e. The predicted molar refractivity (Wildman–Crippen MR) is 90.4 cm³/mol. The van der Waals surface area contributed by atoms with Crippen molar-refractivity contribution in [2.24, 2.45) is 10.9 Å². The maximum absolute atomic E-state index is 14.0. The molecule has 0 saturated heterocycles. The highest BCUT2D eigenvalue weighted by Gasteiger charge is 2.07. The molecule has 0 heterocycles. The van der Waals surface area contributed by atoms with Crippen LogP contribution in [0.4, 0.5) is 10.1 Å². The first kappa shape index (κ1) is 15.8. The quantitative estimate of drug-likeness (QED) is 0.232. The van der Waals surface area contributed by atoms with Crippen molar-refractivity contribution in [2.45, 2.75) is 6.54 Å². The summed E-state index contributed by atoms with van der Waals surface area (Å²) in [4.78, 5) is 0. The molecule has 2 aromatic carbocycles. The van der Waals surface area contributed by atoms with Crippen molar-refractivity contribution >= 4 is 45.7 Å². The molecule has 4 N–H and O–H groups in total. The zero-order valence-electron chi connectivity index (χ0n) is 10.8. The van der Waals surface area contributed by atoms with Crippen molar-refractivity contribution in [3.8, 4) is 0 Å². The molecule has 0 bridgehead atoms. The van der Waals surface area contributed by atoms with E-state index < -0.39 is 5.82 Å². The molecular weight excluding hydrogens is 408 g/mol. The van der Waals surface area contributed by atoms with Gasteiger partial charge in [0.25, 0.3) is 0 Å². The smallest absolute Gasteiger partial charge is 0.170 e. The van der Waals surface area contributed by atoms with Gasteiger partial charge in [-0.15, -0.1) is 0 Å². The number of benzene rings is 2. The third-order valence-corrected chi connectivity index (χ3v) is 3.98. The Labute approximate surface area is 139 Å². The van der Waals surface area contributed by atoms with Gasteiger partial charge >= 0.3 is 0 Å². The Kier molecular flexibility index (Phi) is 5.24. The molecular formula is C14H12ClFIN3O. The molecule has 0 aliphatic carbocycles. The topological polar surface area (TPSA) is 70.6 Å². The second-order valence-corrected chi connectivity index (χ2v) is 5.87. The molecule has 2 rings (SSSR count). The molecule has 0 atom stereocenters. The van der Waals surface area contributed by atoms with E-state index in [4.69, 9.17) is 22.5 Å². The Morgan fingerprint density at radius 3 is 2.71 bits per heavy atom. The Morgan fingerprint density at radius 2 is 2.10 bits per heavy atom. The summed E-state index contributed by atoms with van der Waals surface area (Å²) in [5.74, 6) is -0.545. The SMILES string of the molecule is N/C(=N/O)c1ccc(CNc2ccc(Cl)cc2I)c(F)c1. The lowest BCUT2D eigenvalue weighted by Crippen LogP contribution is -2.14. The van der Waals surface area contributed by atoms with E-state index in [0.29, 0.717) is 22.7 Å². The van der Waals surface area contributed by atoms with Crippen LogP contribution in [0.1, 0.15) is 11.1 Å². The number of amidine groups is 1. The first-order chi connectivity index (χ1) is 10.0. The summed E-state index contributed by atoms with van der Waals surface area (Å²) >= 11 is 8.04. The summed E-state index contributed by atoms with van der Waals surface area (Å²) in [7, 11) is 0. The Bertz CT molecular complexity index is 694. The van der Waals surface area contributed by atoms with Gasteiger partial charge in [0, 0.05) is 32.0 Å². The van der Waals surface area contributed by atoms with E-state index in [0.717, 1.165) is 9.26 Å². The van der Waals surface area contributed by atoms with E-state index in [9.17, 15) is 4.39 Å². The molecule has 4 nitrogen and oxygen atoms in total. The molecule has 2 aromatic rings. The molecule has 21 heavy (non-hydrogen) atoms. The number of hydrogen-bond donors (Lipinski definition) is 3. The van der Waals surface area contributed by atoms with Crippen molar-refractivity contribution < 1.29 is 9.60 Å². The summed E-state index contributed by atoms with van der Waals surface area (Å²) in [6, 6.07) is 9.86. The summed E-state index contributed by atoms with van der Waals surface area (Å²) in [6.07, 6.45) is 0. The molecule has 0 radical (unpaired) electrons. The van der Waals surface area contributed by atoms with E-state index in [1.54, 1.807) is 18.2 Å². The molecule has 110 valence electrons. The van der Waals surface area contributed by atoms with Gasteiger partial charge in [0.2, 0.25) is 0 Å². The van der Waals surface area contributed by atoms with Crippen LogP contribution in [-0.4, -0.2) is 11.0 Å². The Hall–Kier alpha value is -1.54. The Morgan fingerprint density at radius 1 is 1.33 bits per heavy atom. The number of oxime groups is 1. The Balaban J connectivity index is 2.13. The molecule has 7 heteroatoms. The molecule has 0 fully saturated rings. The van der Waals surface area contributed by atoms with Gasteiger partial charge in [-0.05, 0) is 46.9 Å². The third-order valence-electron chi connectivity index (χ3n) is 2.86. The van der Waals surface area contributed by atoms with E-state index in [2.05, 4.69) is 33.1 Å². The van der Waals surface area contributed by atoms with E-state index in [1.807, 2.05) is 12.1 Å². The first-order valence-electron chi connectivity index (χ1n) is 5.96. The van der Waals surface area contributed by atoms with Crippen molar-refractivity contribution in [3.05, 3.63) is 61.9 Å². The van der Waals surface area contributed by atoms with Crippen LogP contribution in [0.2, 0.25) is 5.02 Å². The lowest BCUT2D eigenvalue weighted by Gasteiger charge is -2.10. The molecule has 0 saturated carbocycles. The molecule has 0 aromatic heterocycles. The van der Waals surface area contributed by atoms with E-state index in [1.165, 1.54) is 6.07 Å². The number of nitrogens with one attached hydrogen (secondary N) is 1. The second-order valence-electron chi connectivity index (χ2n) is 4.27. The number of halogens is 3. The van der Waals surface area contributed by atoms with Crippen molar-refractivity contribution in [3.63, 3.8) is 0 Å². The number of hydrogen-bond acceptors (Lipinski definition) is 3. The maximum atomic E-state index is 14.0. The highest BCUT2D eigenvalue weighted by molar-refractivity contribution is 14.1. The van der Waals surface area contributed by atoms with Gasteiger partial charge in [0.15, 0.2) is 5.84 Å². The monoisotopic (exact) mass is 419 g/mol. The maximum Gasteiger partial charge on any atom is 0.170 e. The second kappa shape index (κ2) is 6.95. The normalized spacial score (nSPS) is 11.5. The van der Waals surface area contributed by atoms with Crippen molar-refractivity contribution in [1.82, 2.24) is 0 Å². The average Bonchev–Trinajstić information content (AvgIpc) is 2.46. The van der Waals surface area contributed by atoms with Crippen LogP contribution < -0.4 is 11.1 Å². The van der Waals surface area contributed by atoms with Crippen LogP contribution in [-0.2, 0) is 6.54 Å². The van der Waals surface area contributed by atoms with Crippen LogP contribution in [0.3, 0.4) is 0 Å². The van der Waals surface area contributed by atoms with Gasteiger partial charge in [0.1, 0.15) is 5.82 Å². The standard InChI is InChI=1S/C14H12ClFIN3O/c15-10-3-4-13(12(17)6-10)19-7-9-2-1-8(5-11(9)16)14(18)20-21/h1-6,19,21H,7H2,(H2,18,20). The number of rotatable bonds is 4. The van der Waals surface area contributed by atoms with Crippen molar-refractivity contribution in [2.75, 3.05) is 5.32 Å². The van der Waals surface area contributed by atoms with Gasteiger partial charge in [-0.25, -0.2) is 4.39 Å². The number of nitrogens with two attached hydrogens (primary N) is 1. The number of nitrogens with zero attached hydrogens (tertiary/aromatic N) is 1. The van der Waals surface area contributed by atoms with Gasteiger partial charge < -0.3 is 16.3 Å². The minimum absolute atomic E-state index is 0.124. The highest BCUT2D eigenvalue weighted by atomic mass is 127. The van der Waals surface area contributed by atoms with Gasteiger partial charge in [0.05, 0.1) is 0 Å². The van der Waals surface area contributed by atoms with Crippen LogP contribution >= 0.6 is 34.2 Å². The van der Waals surface area contributed by atoms with Crippen LogP contribution in [0.25, 0.3) is 0 Å². The summed E-state index contributed by atoms with van der Waals surface area (Å²) in [5, 5.41) is 15.2. The minimum atomic E-state index is -0.421. The van der Waals surface area contributed by atoms with E-state index in [-0.39, 0.29) is 5.84 Å². The fraction of sp³-hybridized carbons (Fsp3) is 0.0714. The van der Waals surface area contributed by atoms with E-state index >= 15 is 0 Å². The van der Waals surface area contributed by atoms with Gasteiger partial charge in [-0.3, -0.25) is 0 Å². The predicted octanol–water partition coefficient (Wildman–Crippen LogP) is 3.79. The van der Waals surface area contributed by atoms with Crippen molar-refractivity contribution in [1.29, 1.82) is 0 Å². The molecule has 0 spiro atoms. The zero-order chi connectivity index (χ0) is 15.4. The van der Waals surface area contributed by atoms with Crippen LogP contribution in [0.15, 0.2) is 41.6 Å². The lowest BCUT2D eigenvalue weighted by atomic mass is 10.1. The van der Waals surface area contributed by atoms with Gasteiger partial charge in [-0.1, -0.05) is 28.9 Å². The van der Waals surface area contributed by atoms with Crippen LogP contribution in [0.5, 0.6) is 0 Å². The largest absolute Gasteiger partial charge is 0.409 e. The highest BCUT2D eigenvalue weighted by Crippen LogP contribution is 2.23. The van der Waals surface area contributed by atoms with Crippen LogP contribution in [0, 0.1) is 9.39 Å². The molecule has 0 amide bonds. The fourth-order valence-corrected chi connectivity index (χ4v) is 2.79. The summed E-state index contributed by atoms with van der Waals surface area (Å²) < 4.78 is 14.9. The zero-order valence-corrected chi connectivity index (χ0v) is 13.7. The number of anilines is 1. The average molecular weight is 420 g/mol. The van der Waals surface area contributed by atoms with Gasteiger partial charge in [-0.2, -0.15) is 0 Å². The first-order valence-corrected chi connectivity index (χ1v) is 7.42. The molecule has 0 unspecified atom stereocenters. The fourth-order valence-electron chi connectivity index (χ4n) is 1.73.